The third kappa shape index (κ3) is 4.47. The van der Waals surface area contributed by atoms with Crippen molar-refractivity contribution >= 4 is 12.0 Å². The van der Waals surface area contributed by atoms with E-state index in [1.54, 1.807) is 0 Å². The molecule has 0 amide bonds. The van der Waals surface area contributed by atoms with Crippen molar-refractivity contribution in [3.05, 3.63) is 35.6 Å². The Kier molecular flexibility index (Phi) is 6.34. The van der Waals surface area contributed by atoms with Gasteiger partial charge in [-0.25, -0.2) is 4.79 Å². The summed E-state index contributed by atoms with van der Waals surface area (Å²) in [4.78, 5) is 11.9. The molecule has 1 aromatic rings. The molecule has 9 heteroatoms. The van der Waals surface area contributed by atoms with Crippen LogP contribution >= 0.6 is 0 Å². The van der Waals surface area contributed by atoms with Gasteiger partial charge in [-0.1, -0.05) is 12.1 Å². The first-order valence-corrected chi connectivity index (χ1v) is 7.43. The van der Waals surface area contributed by atoms with Gasteiger partial charge in [0.1, 0.15) is 30.2 Å². The molecule has 0 spiro atoms. The van der Waals surface area contributed by atoms with E-state index in [4.69, 9.17) is 9.47 Å². The van der Waals surface area contributed by atoms with Gasteiger partial charge in [-0.05, 0) is 23.8 Å². The van der Waals surface area contributed by atoms with Crippen LogP contribution in [0.2, 0.25) is 0 Å². The minimum absolute atomic E-state index is 0.0339. The van der Waals surface area contributed by atoms with Crippen molar-refractivity contribution in [1.29, 1.82) is 0 Å². The molecule has 0 radical (unpaired) electrons. The highest BCUT2D eigenvalue weighted by Gasteiger charge is 2.45. The average Bonchev–Trinajstić information content (AvgIpc) is 2.62. The van der Waals surface area contributed by atoms with Crippen molar-refractivity contribution in [2.24, 2.45) is 0 Å². The molecule has 138 valence electrons. The molecule has 1 saturated heterocycles. The maximum atomic E-state index is 11.9. The number of carbonyl (C=O) groups excluding carboxylic acids is 1. The molecule has 1 fully saturated rings. The summed E-state index contributed by atoms with van der Waals surface area (Å²) in [6.07, 6.45) is -6.24. The van der Waals surface area contributed by atoms with E-state index in [0.29, 0.717) is 5.56 Å². The monoisotopic (exact) mass is 356 g/mol. The standard InChI is InChI=1S/C16H20O9/c1-23-15(22)10(6-8-2-4-9(18)5-3-8)24-16-14(21)13(20)12(19)11(7-17)25-16/h2-6,11-14,16-21H,7H2,1H3. The van der Waals surface area contributed by atoms with E-state index in [0.717, 1.165) is 7.11 Å². The molecule has 1 aliphatic rings. The predicted molar refractivity (Wildman–Crippen MR) is 83.0 cm³/mol. The fourth-order valence-electron chi connectivity index (χ4n) is 2.25. The Bertz CT molecular complexity index is 611. The van der Waals surface area contributed by atoms with Gasteiger partial charge in [-0.3, -0.25) is 0 Å². The van der Waals surface area contributed by atoms with Gasteiger partial charge >= 0.3 is 5.97 Å². The third-order valence-corrected chi connectivity index (χ3v) is 3.67. The van der Waals surface area contributed by atoms with Crippen LogP contribution in [0.4, 0.5) is 0 Å². The highest BCUT2D eigenvalue weighted by Crippen LogP contribution is 2.25. The SMILES string of the molecule is COC(=O)C(=Cc1ccc(O)cc1)OC1OC(CO)C(O)C(O)C1O. The molecular weight excluding hydrogens is 336 g/mol. The van der Waals surface area contributed by atoms with Gasteiger partial charge in [0.05, 0.1) is 13.7 Å². The number of hydrogen-bond donors (Lipinski definition) is 5. The van der Waals surface area contributed by atoms with Gasteiger partial charge in [0.15, 0.2) is 0 Å². The van der Waals surface area contributed by atoms with Crippen molar-refractivity contribution in [2.75, 3.05) is 13.7 Å². The summed E-state index contributed by atoms with van der Waals surface area (Å²) in [6, 6.07) is 5.81. The molecule has 5 unspecified atom stereocenters. The van der Waals surface area contributed by atoms with Crippen molar-refractivity contribution < 1.29 is 44.5 Å². The van der Waals surface area contributed by atoms with E-state index < -0.39 is 43.3 Å². The normalized spacial score (nSPS) is 30.0. The van der Waals surface area contributed by atoms with Crippen LogP contribution in [0.15, 0.2) is 30.0 Å². The molecule has 0 aliphatic carbocycles. The molecule has 0 saturated carbocycles. The predicted octanol–water partition coefficient (Wildman–Crippen LogP) is -1.28. The number of ether oxygens (including phenoxy) is 3. The summed E-state index contributed by atoms with van der Waals surface area (Å²) in [7, 11) is 1.13. The average molecular weight is 356 g/mol. The molecular formula is C16H20O9. The van der Waals surface area contributed by atoms with Crippen LogP contribution in [-0.2, 0) is 19.0 Å². The van der Waals surface area contributed by atoms with Crippen LogP contribution in [0.1, 0.15) is 5.56 Å². The van der Waals surface area contributed by atoms with E-state index in [9.17, 15) is 30.3 Å². The number of benzene rings is 1. The van der Waals surface area contributed by atoms with E-state index in [1.165, 1.54) is 30.3 Å². The fourth-order valence-corrected chi connectivity index (χ4v) is 2.25. The molecule has 9 nitrogen and oxygen atoms in total. The summed E-state index contributed by atoms with van der Waals surface area (Å²) in [5.74, 6) is -1.17. The second kappa shape index (κ2) is 8.28. The van der Waals surface area contributed by atoms with Crippen molar-refractivity contribution in [3.8, 4) is 5.75 Å². The number of aliphatic hydroxyl groups is 4. The van der Waals surface area contributed by atoms with Gasteiger partial charge in [0, 0.05) is 0 Å². The smallest absolute Gasteiger partial charge is 0.373 e. The Morgan fingerprint density at radius 1 is 1.16 bits per heavy atom. The first-order chi connectivity index (χ1) is 11.9. The number of carbonyl (C=O) groups is 1. The van der Waals surface area contributed by atoms with E-state index in [-0.39, 0.29) is 11.5 Å². The first-order valence-electron chi connectivity index (χ1n) is 7.43. The molecule has 2 rings (SSSR count). The van der Waals surface area contributed by atoms with Crippen LogP contribution in [0.5, 0.6) is 5.75 Å². The zero-order valence-corrected chi connectivity index (χ0v) is 13.3. The zero-order valence-electron chi connectivity index (χ0n) is 13.3. The maximum absolute atomic E-state index is 11.9. The van der Waals surface area contributed by atoms with Gasteiger partial charge in [-0.2, -0.15) is 0 Å². The van der Waals surface area contributed by atoms with Crippen LogP contribution in [0.3, 0.4) is 0 Å². The lowest BCUT2D eigenvalue weighted by atomic mass is 9.99. The van der Waals surface area contributed by atoms with Crippen molar-refractivity contribution in [1.82, 2.24) is 0 Å². The highest BCUT2D eigenvalue weighted by molar-refractivity contribution is 5.91. The molecule has 0 bridgehead atoms. The molecule has 25 heavy (non-hydrogen) atoms. The molecule has 0 aromatic heterocycles. The Morgan fingerprint density at radius 2 is 1.80 bits per heavy atom. The van der Waals surface area contributed by atoms with Crippen molar-refractivity contribution in [2.45, 2.75) is 30.7 Å². The Morgan fingerprint density at radius 3 is 2.36 bits per heavy atom. The lowest BCUT2D eigenvalue weighted by Crippen LogP contribution is -2.59. The van der Waals surface area contributed by atoms with Crippen molar-refractivity contribution in [3.63, 3.8) is 0 Å². The Labute approximate surface area is 143 Å². The van der Waals surface area contributed by atoms with E-state index in [1.807, 2.05) is 0 Å². The lowest BCUT2D eigenvalue weighted by molar-refractivity contribution is -0.291. The fraction of sp³-hybridized carbons (Fsp3) is 0.438. The van der Waals surface area contributed by atoms with Gasteiger partial charge in [-0.15, -0.1) is 0 Å². The van der Waals surface area contributed by atoms with Crippen LogP contribution in [-0.4, -0.2) is 75.9 Å². The largest absolute Gasteiger partial charge is 0.508 e. The summed E-state index contributed by atoms with van der Waals surface area (Å²) in [5, 5.41) is 47.9. The van der Waals surface area contributed by atoms with Gasteiger partial charge < -0.3 is 39.7 Å². The molecule has 5 atom stereocenters. The number of phenolic OH excluding ortho intramolecular Hbond substituents is 1. The Balaban J connectivity index is 2.24. The second-order valence-electron chi connectivity index (χ2n) is 5.41. The Hall–Kier alpha value is -2.17. The highest BCUT2D eigenvalue weighted by atomic mass is 16.7. The molecule has 1 aliphatic heterocycles. The topological polar surface area (TPSA) is 146 Å². The summed E-state index contributed by atoms with van der Waals surface area (Å²) < 4.78 is 15.1. The van der Waals surface area contributed by atoms with E-state index in [2.05, 4.69) is 4.74 Å². The third-order valence-electron chi connectivity index (χ3n) is 3.67. The van der Waals surface area contributed by atoms with Gasteiger partial charge in [0.25, 0.3) is 0 Å². The quantitative estimate of drug-likeness (QED) is 0.247. The number of rotatable bonds is 5. The summed E-state index contributed by atoms with van der Waals surface area (Å²) in [5.41, 5.74) is 0.489. The summed E-state index contributed by atoms with van der Waals surface area (Å²) in [6.45, 7) is -0.625. The molecule has 1 aromatic carbocycles. The van der Waals surface area contributed by atoms with Crippen LogP contribution < -0.4 is 0 Å². The number of esters is 1. The number of aliphatic hydroxyl groups excluding tert-OH is 4. The summed E-state index contributed by atoms with van der Waals surface area (Å²) >= 11 is 0. The van der Waals surface area contributed by atoms with Crippen LogP contribution in [0, 0.1) is 0 Å². The molecule has 1 heterocycles. The minimum atomic E-state index is -1.66. The van der Waals surface area contributed by atoms with E-state index >= 15 is 0 Å². The van der Waals surface area contributed by atoms with Crippen LogP contribution in [0.25, 0.3) is 6.08 Å². The number of hydrogen-bond acceptors (Lipinski definition) is 9. The zero-order chi connectivity index (χ0) is 18.6. The lowest BCUT2D eigenvalue weighted by Gasteiger charge is -2.39. The first kappa shape index (κ1) is 19.2. The van der Waals surface area contributed by atoms with Gasteiger partial charge in [0.2, 0.25) is 12.0 Å². The molecule has 5 N–H and O–H groups in total. The number of aromatic hydroxyl groups is 1. The minimum Gasteiger partial charge on any atom is -0.508 e. The maximum Gasteiger partial charge on any atom is 0.373 e. The number of methoxy groups -OCH3 is 1. The second-order valence-corrected chi connectivity index (χ2v) is 5.41. The number of phenols is 1.